The molecule has 0 radical (unpaired) electrons. The highest BCUT2D eigenvalue weighted by Gasteiger charge is 2.43. The first-order valence-corrected chi connectivity index (χ1v) is 5.91. The van der Waals surface area contributed by atoms with Crippen molar-refractivity contribution in [2.45, 2.75) is 19.8 Å². The number of aliphatic hydroxyl groups excluding tert-OH is 1. The molecule has 2 nitrogen and oxygen atoms in total. The molecule has 1 aromatic heterocycles. The molecule has 14 heavy (non-hydrogen) atoms. The van der Waals surface area contributed by atoms with Crippen molar-refractivity contribution in [2.75, 3.05) is 25.1 Å². The van der Waals surface area contributed by atoms with Crippen LogP contribution in [-0.2, 0) is 0 Å². The molecule has 1 heterocycles. The highest BCUT2D eigenvalue weighted by molar-refractivity contribution is 7.14. The monoisotopic (exact) mass is 211 g/mol. The predicted octanol–water partition coefficient (Wildman–Crippen LogP) is 2.27. The largest absolute Gasteiger partial charge is 0.396 e. The molecule has 1 saturated carbocycles. The minimum atomic E-state index is 0.213. The molecule has 1 N–H and O–H groups in total. The maximum atomic E-state index is 9.25. The van der Waals surface area contributed by atoms with E-state index in [1.165, 1.54) is 23.4 Å². The second-order valence-electron chi connectivity index (χ2n) is 4.42. The molecule has 1 aromatic rings. The topological polar surface area (TPSA) is 23.5 Å². The fourth-order valence-corrected chi connectivity index (χ4v) is 2.77. The molecule has 0 atom stereocenters. The molecule has 1 aliphatic rings. The number of aliphatic hydroxyl groups is 1. The maximum absolute atomic E-state index is 9.25. The first-order chi connectivity index (χ1) is 6.67. The molecule has 1 fully saturated rings. The molecule has 78 valence electrons. The fraction of sp³-hybridized carbons (Fsp3) is 0.636. The number of rotatable bonds is 4. The van der Waals surface area contributed by atoms with E-state index in [1.54, 1.807) is 11.3 Å². The lowest BCUT2D eigenvalue weighted by molar-refractivity contribution is 0.215. The van der Waals surface area contributed by atoms with Crippen molar-refractivity contribution in [3.8, 4) is 0 Å². The Bertz CT molecular complexity index is 317. The lowest BCUT2D eigenvalue weighted by Gasteiger charge is -2.23. The van der Waals surface area contributed by atoms with E-state index < -0.39 is 0 Å². The van der Waals surface area contributed by atoms with Gasteiger partial charge in [0.2, 0.25) is 0 Å². The molecule has 0 saturated heterocycles. The first kappa shape index (κ1) is 9.99. The number of hydrogen-bond acceptors (Lipinski definition) is 3. The van der Waals surface area contributed by atoms with Crippen LogP contribution in [0, 0.1) is 12.3 Å². The summed E-state index contributed by atoms with van der Waals surface area (Å²) in [6, 6.07) is 2.15. The normalized spacial score (nSPS) is 18.2. The second-order valence-corrected chi connectivity index (χ2v) is 5.32. The van der Waals surface area contributed by atoms with E-state index in [4.69, 9.17) is 0 Å². The second kappa shape index (κ2) is 3.55. The Morgan fingerprint density at radius 3 is 2.71 bits per heavy atom. The Balaban J connectivity index is 2.03. The summed E-state index contributed by atoms with van der Waals surface area (Å²) in [5, 5.41) is 12.7. The third-order valence-electron chi connectivity index (χ3n) is 3.05. The minimum Gasteiger partial charge on any atom is -0.396 e. The molecule has 0 aliphatic heterocycles. The van der Waals surface area contributed by atoms with Crippen molar-refractivity contribution in [1.29, 1.82) is 0 Å². The maximum Gasteiger partial charge on any atom is 0.0935 e. The van der Waals surface area contributed by atoms with E-state index in [1.807, 2.05) is 0 Å². The summed E-state index contributed by atoms with van der Waals surface area (Å²) in [6.07, 6.45) is 2.36. The molecule has 0 amide bonds. The average molecular weight is 211 g/mol. The van der Waals surface area contributed by atoms with Crippen LogP contribution in [0.25, 0.3) is 0 Å². The van der Waals surface area contributed by atoms with Gasteiger partial charge in [0, 0.05) is 19.0 Å². The summed E-state index contributed by atoms with van der Waals surface area (Å²) in [7, 11) is 2.12. The van der Waals surface area contributed by atoms with Crippen LogP contribution in [0.2, 0.25) is 0 Å². The van der Waals surface area contributed by atoms with Gasteiger partial charge in [-0.2, -0.15) is 0 Å². The van der Waals surface area contributed by atoms with E-state index in [9.17, 15) is 5.11 Å². The summed E-state index contributed by atoms with van der Waals surface area (Å²) in [4.78, 5) is 2.28. The third-order valence-corrected chi connectivity index (χ3v) is 4.18. The molecule has 3 heteroatoms. The molecule has 0 spiro atoms. The lowest BCUT2D eigenvalue weighted by atomic mass is 10.1. The van der Waals surface area contributed by atoms with Crippen molar-refractivity contribution in [1.82, 2.24) is 0 Å². The van der Waals surface area contributed by atoms with Gasteiger partial charge in [-0.05, 0) is 36.8 Å². The Labute approximate surface area is 89.2 Å². The summed E-state index contributed by atoms with van der Waals surface area (Å²) in [6.45, 7) is 3.47. The standard InChI is InChI=1S/C11H17NOS/c1-9-3-6-14-10(9)12(2)7-11(8-13)4-5-11/h3,6,13H,4-5,7-8H2,1-2H3. The molecule has 0 aromatic carbocycles. The van der Waals surface area contributed by atoms with Crippen LogP contribution < -0.4 is 4.90 Å². The van der Waals surface area contributed by atoms with Gasteiger partial charge in [0.1, 0.15) is 0 Å². The van der Waals surface area contributed by atoms with Gasteiger partial charge in [-0.3, -0.25) is 0 Å². The zero-order valence-electron chi connectivity index (χ0n) is 8.79. The van der Waals surface area contributed by atoms with Crippen LogP contribution >= 0.6 is 11.3 Å². The highest BCUT2D eigenvalue weighted by atomic mass is 32.1. The van der Waals surface area contributed by atoms with Crippen LogP contribution in [0.15, 0.2) is 11.4 Å². The first-order valence-electron chi connectivity index (χ1n) is 5.03. The van der Waals surface area contributed by atoms with Crippen LogP contribution in [0.1, 0.15) is 18.4 Å². The highest BCUT2D eigenvalue weighted by Crippen LogP contribution is 2.46. The van der Waals surface area contributed by atoms with Crippen LogP contribution in [0.4, 0.5) is 5.00 Å². The van der Waals surface area contributed by atoms with E-state index in [2.05, 4.69) is 30.3 Å². The van der Waals surface area contributed by atoms with Crippen molar-refractivity contribution in [2.24, 2.45) is 5.41 Å². The van der Waals surface area contributed by atoms with Crippen molar-refractivity contribution in [3.63, 3.8) is 0 Å². The molecule has 0 unspecified atom stereocenters. The van der Waals surface area contributed by atoms with E-state index in [0.717, 1.165) is 6.54 Å². The summed E-state index contributed by atoms with van der Waals surface area (Å²) in [5.74, 6) is 0. The lowest BCUT2D eigenvalue weighted by Crippen LogP contribution is -2.28. The average Bonchev–Trinajstić information content (AvgIpc) is 2.80. The number of hydrogen-bond donors (Lipinski definition) is 1. The Kier molecular flexibility index (Phi) is 2.54. The van der Waals surface area contributed by atoms with Crippen LogP contribution in [0.5, 0.6) is 0 Å². The predicted molar refractivity (Wildman–Crippen MR) is 61.1 cm³/mol. The van der Waals surface area contributed by atoms with Gasteiger partial charge in [0.25, 0.3) is 0 Å². The smallest absolute Gasteiger partial charge is 0.0935 e. The molecule has 0 bridgehead atoms. The van der Waals surface area contributed by atoms with Crippen LogP contribution in [-0.4, -0.2) is 25.3 Å². The number of aryl methyl sites for hydroxylation is 1. The Morgan fingerprint density at radius 2 is 2.29 bits per heavy atom. The van der Waals surface area contributed by atoms with E-state index >= 15 is 0 Å². The van der Waals surface area contributed by atoms with Gasteiger partial charge >= 0.3 is 0 Å². The fourth-order valence-electron chi connectivity index (χ4n) is 1.87. The van der Waals surface area contributed by atoms with E-state index in [-0.39, 0.29) is 5.41 Å². The Morgan fingerprint density at radius 1 is 1.57 bits per heavy atom. The quantitative estimate of drug-likeness (QED) is 0.826. The zero-order valence-corrected chi connectivity index (χ0v) is 9.60. The number of anilines is 1. The third kappa shape index (κ3) is 1.79. The minimum absolute atomic E-state index is 0.213. The van der Waals surface area contributed by atoms with Crippen LogP contribution in [0.3, 0.4) is 0 Å². The SMILES string of the molecule is Cc1ccsc1N(C)CC1(CO)CC1. The summed E-state index contributed by atoms with van der Waals surface area (Å²) >= 11 is 1.78. The summed E-state index contributed by atoms with van der Waals surface area (Å²) < 4.78 is 0. The zero-order chi connectivity index (χ0) is 10.2. The number of nitrogens with zero attached hydrogens (tertiary/aromatic N) is 1. The van der Waals surface area contributed by atoms with Gasteiger partial charge in [-0.1, -0.05) is 0 Å². The van der Waals surface area contributed by atoms with Gasteiger partial charge in [-0.15, -0.1) is 11.3 Å². The Hall–Kier alpha value is -0.540. The molecular formula is C11H17NOS. The van der Waals surface area contributed by atoms with Crippen molar-refractivity contribution < 1.29 is 5.11 Å². The van der Waals surface area contributed by atoms with Gasteiger partial charge in [-0.25, -0.2) is 0 Å². The van der Waals surface area contributed by atoms with Gasteiger partial charge in [0.05, 0.1) is 11.6 Å². The summed E-state index contributed by atoms with van der Waals surface area (Å²) in [5.41, 5.74) is 1.55. The molecule has 1 aliphatic carbocycles. The van der Waals surface area contributed by atoms with Gasteiger partial charge < -0.3 is 10.0 Å². The van der Waals surface area contributed by atoms with Crippen molar-refractivity contribution in [3.05, 3.63) is 17.0 Å². The van der Waals surface area contributed by atoms with Crippen molar-refractivity contribution >= 4 is 16.3 Å². The molecule has 2 rings (SSSR count). The number of thiophene rings is 1. The molecular weight excluding hydrogens is 194 g/mol. The van der Waals surface area contributed by atoms with E-state index in [0.29, 0.717) is 6.61 Å². The van der Waals surface area contributed by atoms with Gasteiger partial charge in [0.15, 0.2) is 0 Å².